The summed E-state index contributed by atoms with van der Waals surface area (Å²) in [6, 6.07) is 4.93. The third kappa shape index (κ3) is 3.53. The molecule has 120 valence electrons. The van der Waals surface area contributed by atoms with Crippen LogP contribution in [0.25, 0.3) is 0 Å². The van der Waals surface area contributed by atoms with Crippen molar-refractivity contribution < 1.29 is 4.79 Å². The van der Waals surface area contributed by atoms with Crippen molar-refractivity contribution in [2.45, 2.75) is 12.8 Å². The number of nitrogens with zero attached hydrogens (tertiary/aromatic N) is 5. The van der Waals surface area contributed by atoms with Gasteiger partial charge in [-0.05, 0) is 25.0 Å². The van der Waals surface area contributed by atoms with E-state index in [0.717, 1.165) is 31.7 Å². The largest absolute Gasteiger partial charge is 0.355 e. The van der Waals surface area contributed by atoms with Crippen LogP contribution in [0.1, 0.15) is 12.8 Å². The van der Waals surface area contributed by atoms with Crippen molar-refractivity contribution in [2.24, 2.45) is 13.0 Å². The zero-order valence-corrected chi connectivity index (χ0v) is 12.8. The van der Waals surface area contributed by atoms with Crippen LogP contribution in [0.5, 0.6) is 0 Å². The normalized spacial score (nSPS) is 15.4. The molecule has 2 aromatic heterocycles. The number of carbonyl (C=O) groups is 1. The second kappa shape index (κ2) is 6.55. The predicted octanol–water partition coefficient (Wildman–Crippen LogP) is 0.425. The lowest BCUT2D eigenvalue weighted by Crippen LogP contribution is -2.39. The summed E-state index contributed by atoms with van der Waals surface area (Å²) >= 11 is 0. The van der Waals surface area contributed by atoms with Crippen LogP contribution in [-0.2, 0) is 11.8 Å². The molecule has 1 saturated heterocycles. The van der Waals surface area contributed by atoms with Gasteiger partial charge in [-0.1, -0.05) is 0 Å². The van der Waals surface area contributed by atoms with Crippen LogP contribution in [0.4, 0.5) is 11.8 Å². The number of hydrogen-bond donors (Lipinski definition) is 1. The smallest absolute Gasteiger partial charge is 0.266 e. The molecule has 0 bridgehead atoms. The highest BCUT2D eigenvalue weighted by Crippen LogP contribution is 2.22. The highest BCUT2D eigenvalue weighted by Gasteiger charge is 2.26. The van der Waals surface area contributed by atoms with Gasteiger partial charge < -0.3 is 4.90 Å². The van der Waals surface area contributed by atoms with E-state index in [-0.39, 0.29) is 17.4 Å². The minimum atomic E-state index is -0.133. The molecule has 1 aliphatic heterocycles. The fourth-order valence-electron chi connectivity index (χ4n) is 2.61. The third-order valence-electron chi connectivity index (χ3n) is 3.94. The standard InChI is InChI=1S/C15H18N6O2/c1-20-13(22)4-3-12(19-20)21-9-5-11(6-10-21)14(23)18-15-16-7-2-8-17-15/h2-4,7-8,11H,5-6,9-10H2,1H3,(H,16,17,18,23). The molecule has 1 amide bonds. The number of aromatic nitrogens is 4. The molecule has 0 unspecified atom stereocenters. The van der Waals surface area contributed by atoms with Crippen LogP contribution in [-0.4, -0.2) is 38.7 Å². The first-order chi connectivity index (χ1) is 11.1. The molecule has 2 aromatic rings. The lowest BCUT2D eigenvalue weighted by molar-refractivity contribution is -0.120. The first-order valence-corrected chi connectivity index (χ1v) is 7.50. The van der Waals surface area contributed by atoms with E-state index in [1.54, 1.807) is 31.6 Å². The third-order valence-corrected chi connectivity index (χ3v) is 3.94. The summed E-state index contributed by atoms with van der Waals surface area (Å²) < 4.78 is 1.32. The number of piperidine rings is 1. The maximum absolute atomic E-state index is 12.2. The van der Waals surface area contributed by atoms with Crippen LogP contribution in [0.3, 0.4) is 0 Å². The Labute approximate surface area is 133 Å². The van der Waals surface area contributed by atoms with Gasteiger partial charge in [0.2, 0.25) is 11.9 Å². The number of carbonyl (C=O) groups excluding carboxylic acids is 1. The van der Waals surface area contributed by atoms with Gasteiger partial charge in [0.15, 0.2) is 0 Å². The molecule has 8 nitrogen and oxygen atoms in total. The average Bonchev–Trinajstić information content (AvgIpc) is 2.58. The molecule has 3 rings (SSSR count). The summed E-state index contributed by atoms with van der Waals surface area (Å²) in [4.78, 5) is 33.7. The van der Waals surface area contributed by atoms with E-state index >= 15 is 0 Å². The molecule has 0 aromatic carbocycles. The fourth-order valence-corrected chi connectivity index (χ4v) is 2.61. The molecule has 1 aliphatic rings. The second-order valence-electron chi connectivity index (χ2n) is 5.48. The Morgan fingerprint density at radius 2 is 1.91 bits per heavy atom. The monoisotopic (exact) mass is 314 g/mol. The van der Waals surface area contributed by atoms with Crippen molar-refractivity contribution in [1.82, 2.24) is 19.7 Å². The molecular formula is C15H18N6O2. The highest BCUT2D eigenvalue weighted by molar-refractivity contribution is 5.91. The summed E-state index contributed by atoms with van der Waals surface area (Å²) in [5, 5.41) is 6.99. The summed E-state index contributed by atoms with van der Waals surface area (Å²) in [5.74, 6) is 0.976. The van der Waals surface area contributed by atoms with Crippen LogP contribution < -0.4 is 15.8 Å². The van der Waals surface area contributed by atoms with E-state index in [1.807, 2.05) is 0 Å². The van der Waals surface area contributed by atoms with Gasteiger partial charge in [0.25, 0.3) is 5.56 Å². The van der Waals surface area contributed by atoms with E-state index in [0.29, 0.717) is 5.95 Å². The zero-order valence-electron chi connectivity index (χ0n) is 12.8. The highest BCUT2D eigenvalue weighted by atomic mass is 16.2. The quantitative estimate of drug-likeness (QED) is 0.883. The lowest BCUT2D eigenvalue weighted by atomic mass is 9.96. The Morgan fingerprint density at radius 1 is 1.22 bits per heavy atom. The van der Waals surface area contributed by atoms with Crippen molar-refractivity contribution in [2.75, 3.05) is 23.3 Å². The Balaban J connectivity index is 1.58. The summed E-state index contributed by atoms with van der Waals surface area (Å²) in [6.07, 6.45) is 4.64. The SMILES string of the molecule is Cn1nc(N2CCC(C(=O)Nc3ncccn3)CC2)ccc1=O. The number of aryl methyl sites for hydroxylation is 1. The molecule has 0 spiro atoms. The molecule has 0 saturated carbocycles. The Morgan fingerprint density at radius 3 is 2.57 bits per heavy atom. The van der Waals surface area contributed by atoms with Gasteiger partial charge >= 0.3 is 0 Å². The van der Waals surface area contributed by atoms with Crippen molar-refractivity contribution in [1.29, 1.82) is 0 Å². The number of amides is 1. The van der Waals surface area contributed by atoms with E-state index in [2.05, 4.69) is 25.3 Å². The summed E-state index contributed by atoms with van der Waals surface area (Å²) in [6.45, 7) is 1.44. The minimum absolute atomic E-state index is 0.0516. The number of rotatable bonds is 3. The molecule has 1 N–H and O–H groups in total. The summed E-state index contributed by atoms with van der Waals surface area (Å²) in [5.41, 5.74) is -0.133. The Kier molecular flexibility index (Phi) is 4.31. The second-order valence-corrected chi connectivity index (χ2v) is 5.48. The van der Waals surface area contributed by atoms with Crippen LogP contribution in [0, 0.1) is 5.92 Å². The van der Waals surface area contributed by atoms with E-state index in [9.17, 15) is 9.59 Å². The van der Waals surface area contributed by atoms with Gasteiger partial charge in [-0.25, -0.2) is 14.6 Å². The zero-order chi connectivity index (χ0) is 16.2. The van der Waals surface area contributed by atoms with Gasteiger partial charge in [0, 0.05) is 44.5 Å². The van der Waals surface area contributed by atoms with Crippen molar-refractivity contribution in [3.63, 3.8) is 0 Å². The molecule has 0 atom stereocenters. The van der Waals surface area contributed by atoms with E-state index < -0.39 is 0 Å². The van der Waals surface area contributed by atoms with Gasteiger partial charge in [-0.3, -0.25) is 14.9 Å². The molecule has 0 radical (unpaired) electrons. The molecular weight excluding hydrogens is 296 g/mol. The number of anilines is 2. The minimum Gasteiger partial charge on any atom is -0.355 e. The predicted molar refractivity (Wildman–Crippen MR) is 85.1 cm³/mol. The molecule has 0 aliphatic carbocycles. The Bertz CT molecular complexity index is 737. The fraction of sp³-hybridized carbons (Fsp3) is 0.400. The van der Waals surface area contributed by atoms with Gasteiger partial charge in [-0.2, -0.15) is 5.10 Å². The van der Waals surface area contributed by atoms with Crippen molar-refractivity contribution in [3.05, 3.63) is 40.9 Å². The topological polar surface area (TPSA) is 93.0 Å². The molecule has 1 fully saturated rings. The van der Waals surface area contributed by atoms with Crippen LogP contribution >= 0.6 is 0 Å². The summed E-state index contributed by atoms with van der Waals surface area (Å²) in [7, 11) is 1.63. The average molecular weight is 314 g/mol. The lowest BCUT2D eigenvalue weighted by Gasteiger charge is -2.31. The van der Waals surface area contributed by atoms with Gasteiger partial charge in [-0.15, -0.1) is 0 Å². The Hall–Kier alpha value is -2.77. The number of nitrogens with one attached hydrogen (secondary N) is 1. The van der Waals surface area contributed by atoms with Crippen molar-refractivity contribution in [3.8, 4) is 0 Å². The molecule has 23 heavy (non-hydrogen) atoms. The molecule has 8 heteroatoms. The first-order valence-electron chi connectivity index (χ1n) is 7.50. The van der Waals surface area contributed by atoms with E-state index in [1.165, 1.54) is 10.7 Å². The maximum atomic E-state index is 12.2. The number of hydrogen-bond acceptors (Lipinski definition) is 6. The van der Waals surface area contributed by atoms with E-state index in [4.69, 9.17) is 0 Å². The van der Waals surface area contributed by atoms with Gasteiger partial charge in [0.05, 0.1) is 0 Å². The van der Waals surface area contributed by atoms with Crippen LogP contribution in [0.2, 0.25) is 0 Å². The maximum Gasteiger partial charge on any atom is 0.266 e. The van der Waals surface area contributed by atoms with Gasteiger partial charge in [0.1, 0.15) is 5.82 Å². The first kappa shape index (κ1) is 15.1. The molecule has 3 heterocycles. The van der Waals surface area contributed by atoms with Crippen molar-refractivity contribution >= 4 is 17.7 Å². The van der Waals surface area contributed by atoms with Crippen LogP contribution in [0.15, 0.2) is 35.4 Å².